The number of rotatable bonds is 5. The van der Waals surface area contributed by atoms with Gasteiger partial charge in [-0.3, -0.25) is 9.97 Å². The van der Waals surface area contributed by atoms with Crippen LogP contribution in [0.25, 0.3) is 83.0 Å². The van der Waals surface area contributed by atoms with Gasteiger partial charge in [-0.2, -0.15) is 0 Å². The fourth-order valence-corrected chi connectivity index (χ4v) is 6.83. The average Bonchev–Trinajstić information content (AvgIpc) is 3.48. The molecule has 0 unspecified atom stereocenters. The molecule has 3 heterocycles. The van der Waals surface area contributed by atoms with Crippen molar-refractivity contribution in [3.05, 3.63) is 176 Å². The zero-order chi connectivity index (χ0) is 31.2. The summed E-state index contributed by atoms with van der Waals surface area (Å²) in [7, 11) is 0. The first-order valence-electron chi connectivity index (χ1n) is 15.9. The van der Waals surface area contributed by atoms with Crippen molar-refractivity contribution in [1.82, 2.24) is 14.5 Å². The van der Waals surface area contributed by atoms with Crippen LogP contribution < -0.4 is 0 Å². The van der Waals surface area contributed by atoms with Gasteiger partial charge >= 0.3 is 0 Å². The topological polar surface area (TPSA) is 30.7 Å². The molecule has 0 bridgehead atoms. The number of benzene rings is 6. The van der Waals surface area contributed by atoms with Crippen LogP contribution in [0.5, 0.6) is 0 Å². The van der Waals surface area contributed by atoms with E-state index in [1.807, 2.05) is 24.5 Å². The van der Waals surface area contributed by atoms with Gasteiger partial charge in [-0.05, 0) is 76.3 Å². The van der Waals surface area contributed by atoms with Crippen molar-refractivity contribution in [3.63, 3.8) is 0 Å². The summed E-state index contributed by atoms with van der Waals surface area (Å²) in [6.45, 7) is 0. The summed E-state index contributed by atoms with van der Waals surface area (Å²) in [5.74, 6) is 0. The molecule has 3 aromatic heterocycles. The highest BCUT2D eigenvalue weighted by atomic mass is 15.0. The molecule has 0 amide bonds. The number of hydrogen-bond donors (Lipinski definition) is 0. The Kier molecular flexibility index (Phi) is 6.46. The molecule has 0 fully saturated rings. The summed E-state index contributed by atoms with van der Waals surface area (Å²) in [5.41, 5.74) is 13.4. The third-order valence-electron chi connectivity index (χ3n) is 9.09. The third-order valence-corrected chi connectivity index (χ3v) is 9.09. The van der Waals surface area contributed by atoms with E-state index >= 15 is 0 Å². The molecule has 220 valence electrons. The zero-order valence-electron chi connectivity index (χ0n) is 25.6. The van der Waals surface area contributed by atoms with Crippen molar-refractivity contribution >= 4 is 32.7 Å². The summed E-state index contributed by atoms with van der Waals surface area (Å²) in [6, 6.07) is 58.2. The Morgan fingerprint density at radius 3 is 1.51 bits per heavy atom. The van der Waals surface area contributed by atoms with Gasteiger partial charge in [0.15, 0.2) is 0 Å². The molecule has 0 aliphatic rings. The first-order chi connectivity index (χ1) is 23.3. The first-order valence-corrected chi connectivity index (χ1v) is 15.9. The molecule has 0 saturated carbocycles. The van der Waals surface area contributed by atoms with E-state index in [1.54, 1.807) is 0 Å². The highest BCUT2D eigenvalue weighted by Gasteiger charge is 2.17. The van der Waals surface area contributed by atoms with Gasteiger partial charge in [0.25, 0.3) is 0 Å². The summed E-state index contributed by atoms with van der Waals surface area (Å²) in [5, 5.41) is 3.49. The van der Waals surface area contributed by atoms with E-state index < -0.39 is 0 Å². The van der Waals surface area contributed by atoms with Gasteiger partial charge < -0.3 is 4.57 Å². The molecule has 0 aliphatic carbocycles. The first kappa shape index (κ1) is 27.0. The van der Waals surface area contributed by atoms with Crippen LogP contribution in [0.2, 0.25) is 0 Å². The third kappa shape index (κ3) is 4.68. The molecule has 0 atom stereocenters. The van der Waals surface area contributed by atoms with Crippen LogP contribution in [0.3, 0.4) is 0 Å². The lowest BCUT2D eigenvalue weighted by Gasteiger charge is -2.14. The van der Waals surface area contributed by atoms with Crippen molar-refractivity contribution in [3.8, 4) is 50.3 Å². The molecule has 9 rings (SSSR count). The zero-order valence-corrected chi connectivity index (χ0v) is 25.6. The summed E-state index contributed by atoms with van der Waals surface area (Å²) >= 11 is 0. The molecular weight excluding hydrogens is 571 g/mol. The van der Waals surface area contributed by atoms with Gasteiger partial charge in [0.1, 0.15) is 0 Å². The van der Waals surface area contributed by atoms with E-state index in [0.29, 0.717) is 0 Å². The fraction of sp³-hybridized carbons (Fsp3) is 0. The quantitative estimate of drug-likeness (QED) is 0.197. The normalized spacial score (nSPS) is 11.4. The van der Waals surface area contributed by atoms with Gasteiger partial charge in [0.05, 0.1) is 22.2 Å². The Morgan fingerprint density at radius 2 is 0.936 bits per heavy atom. The van der Waals surface area contributed by atoms with E-state index in [4.69, 9.17) is 9.97 Å². The van der Waals surface area contributed by atoms with Crippen LogP contribution in [0.1, 0.15) is 0 Å². The minimum absolute atomic E-state index is 0.934. The Balaban J connectivity index is 1.24. The second kappa shape index (κ2) is 11.2. The summed E-state index contributed by atoms with van der Waals surface area (Å²) in [4.78, 5) is 9.75. The minimum Gasteiger partial charge on any atom is -0.309 e. The van der Waals surface area contributed by atoms with E-state index in [-0.39, 0.29) is 0 Å². The SMILES string of the molecule is c1ccc(-c2ccc3c(c2)c2cc(-c4ccccc4)ccc2n3-c2ccc(-c3c(-c4ccccc4)ncc4cccnc34)cc2)cc1. The Hall–Kier alpha value is -6.32. The predicted molar refractivity (Wildman–Crippen MR) is 196 cm³/mol. The number of pyridine rings is 2. The summed E-state index contributed by atoms with van der Waals surface area (Å²) < 4.78 is 2.38. The van der Waals surface area contributed by atoms with Crippen LogP contribution in [0, 0.1) is 0 Å². The lowest BCUT2D eigenvalue weighted by atomic mass is 9.96. The van der Waals surface area contributed by atoms with E-state index in [2.05, 4.69) is 156 Å². The number of hydrogen-bond acceptors (Lipinski definition) is 2. The molecule has 0 aliphatic heterocycles. The van der Waals surface area contributed by atoms with Crippen LogP contribution in [0.15, 0.2) is 176 Å². The van der Waals surface area contributed by atoms with E-state index in [1.165, 1.54) is 44.1 Å². The van der Waals surface area contributed by atoms with Gasteiger partial charge in [0.2, 0.25) is 0 Å². The lowest BCUT2D eigenvalue weighted by Crippen LogP contribution is -1.96. The molecule has 3 nitrogen and oxygen atoms in total. The molecule has 9 aromatic rings. The lowest BCUT2D eigenvalue weighted by molar-refractivity contribution is 1.18. The largest absolute Gasteiger partial charge is 0.309 e. The van der Waals surface area contributed by atoms with Gasteiger partial charge in [-0.25, -0.2) is 0 Å². The van der Waals surface area contributed by atoms with Crippen molar-refractivity contribution < 1.29 is 0 Å². The monoisotopic (exact) mass is 599 g/mol. The van der Waals surface area contributed by atoms with Gasteiger partial charge in [-0.1, -0.05) is 115 Å². The standard InChI is InChI=1S/C44H29N3/c1-4-11-30(12-5-1)34-20-24-40-38(27-34)39-28-35(31-13-6-2-7-14-31)21-25-41(39)47(40)37-22-18-32(19-23-37)42-43(33-15-8-3-9-16-33)46-29-36-17-10-26-45-44(36)42/h1-29H. The van der Waals surface area contributed by atoms with E-state index in [9.17, 15) is 0 Å². The number of aromatic nitrogens is 3. The minimum atomic E-state index is 0.934. The molecule has 0 saturated heterocycles. The maximum absolute atomic E-state index is 4.93. The molecular formula is C44H29N3. The molecule has 0 spiro atoms. The predicted octanol–water partition coefficient (Wildman–Crippen LogP) is 11.4. The van der Waals surface area contributed by atoms with Crippen molar-refractivity contribution in [2.75, 3.05) is 0 Å². The maximum Gasteiger partial charge on any atom is 0.0817 e. The Bertz CT molecular complexity index is 2440. The molecule has 47 heavy (non-hydrogen) atoms. The second-order valence-corrected chi connectivity index (χ2v) is 11.9. The second-order valence-electron chi connectivity index (χ2n) is 11.9. The number of nitrogens with zero attached hydrogens (tertiary/aromatic N) is 3. The van der Waals surface area contributed by atoms with Crippen molar-refractivity contribution in [1.29, 1.82) is 0 Å². The van der Waals surface area contributed by atoms with Crippen LogP contribution in [0.4, 0.5) is 0 Å². The maximum atomic E-state index is 4.93. The highest BCUT2D eigenvalue weighted by Crippen LogP contribution is 2.39. The van der Waals surface area contributed by atoms with Crippen LogP contribution >= 0.6 is 0 Å². The molecule has 6 aromatic carbocycles. The Labute approximate surface area is 273 Å². The van der Waals surface area contributed by atoms with E-state index in [0.717, 1.165) is 39.0 Å². The Morgan fingerprint density at radius 1 is 0.404 bits per heavy atom. The van der Waals surface area contributed by atoms with Crippen molar-refractivity contribution in [2.24, 2.45) is 0 Å². The van der Waals surface area contributed by atoms with Crippen LogP contribution in [-0.2, 0) is 0 Å². The van der Waals surface area contributed by atoms with Crippen LogP contribution in [-0.4, -0.2) is 14.5 Å². The highest BCUT2D eigenvalue weighted by molar-refractivity contribution is 6.11. The van der Waals surface area contributed by atoms with Gasteiger partial charge in [-0.15, -0.1) is 0 Å². The molecule has 0 radical (unpaired) electrons. The summed E-state index contributed by atoms with van der Waals surface area (Å²) in [6.07, 6.45) is 3.79. The number of fused-ring (bicyclic) bond motifs is 4. The smallest absolute Gasteiger partial charge is 0.0817 e. The molecule has 3 heteroatoms. The van der Waals surface area contributed by atoms with Gasteiger partial charge in [0, 0.05) is 45.4 Å². The fourth-order valence-electron chi connectivity index (χ4n) is 6.83. The van der Waals surface area contributed by atoms with Crippen molar-refractivity contribution in [2.45, 2.75) is 0 Å². The average molecular weight is 600 g/mol. The molecule has 0 N–H and O–H groups in total.